The van der Waals surface area contributed by atoms with Crippen molar-refractivity contribution in [2.24, 2.45) is 11.8 Å². The van der Waals surface area contributed by atoms with Gasteiger partial charge in [-0.25, -0.2) is 4.98 Å². The van der Waals surface area contributed by atoms with Crippen LogP contribution < -0.4 is 5.32 Å². The van der Waals surface area contributed by atoms with E-state index in [0.717, 1.165) is 17.0 Å². The molecule has 2 unspecified atom stereocenters. The first-order valence-corrected chi connectivity index (χ1v) is 7.30. The Kier molecular flexibility index (Phi) is 4.09. The third kappa shape index (κ3) is 2.89. The second-order valence-corrected chi connectivity index (χ2v) is 6.16. The summed E-state index contributed by atoms with van der Waals surface area (Å²) >= 11 is 7.44. The summed E-state index contributed by atoms with van der Waals surface area (Å²) in [7, 11) is 0. The molecule has 0 spiro atoms. The second kappa shape index (κ2) is 5.37. The van der Waals surface area contributed by atoms with Crippen LogP contribution in [0, 0.1) is 11.8 Å². The molecule has 1 fully saturated rings. The van der Waals surface area contributed by atoms with E-state index in [-0.39, 0.29) is 0 Å². The molecule has 90 valence electrons. The smallest absolute Gasteiger partial charge is 0.184 e. The fraction of sp³-hybridized carbons (Fsp3) is 0.750. The average molecular weight is 259 g/mol. The van der Waals surface area contributed by atoms with Gasteiger partial charge in [0.15, 0.2) is 5.13 Å². The molecule has 16 heavy (non-hydrogen) atoms. The molecule has 2 atom stereocenters. The molecular weight excluding hydrogens is 240 g/mol. The van der Waals surface area contributed by atoms with Gasteiger partial charge in [0, 0.05) is 11.4 Å². The molecule has 1 aromatic rings. The molecule has 4 heteroatoms. The third-order valence-corrected chi connectivity index (χ3v) is 4.56. The van der Waals surface area contributed by atoms with Crippen molar-refractivity contribution in [2.75, 3.05) is 5.32 Å². The first-order chi connectivity index (χ1) is 7.66. The van der Waals surface area contributed by atoms with E-state index in [4.69, 9.17) is 11.6 Å². The van der Waals surface area contributed by atoms with Crippen molar-refractivity contribution in [1.82, 2.24) is 4.98 Å². The lowest BCUT2D eigenvalue weighted by atomic mass is 9.78. The van der Waals surface area contributed by atoms with Crippen LogP contribution in [-0.2, 0) is 0 Å². The van der Waals surface area contributed by atoms with Crippen LogP contribution >= 0.6 is 22.9 Å². The molecular formula is C12H19ClN2S. The van der Waals surface area contributed by atoms with Gasteiger partial charge in [0.05, 0.1) is 0 Å². The Morgan fingerprint density at radius 2 is 2.19 bits per heavy atom. The zero-order valence-electron chi connectivity index (χ0n) is 9.87. The van der Waals surface area contributed by atoms with Crippen LogP contribution in [0.4, 0.5) is 5.13 Å². The minimum absolute atomic E-state index is 0.580. The minimum Gasteiger partial charge on any atom is -0.358 e. The van der Waals surface area contributed by atoms with Crippen LogP contribution in [0.25, 0.3) is 0 Å². The summed E-state index contributed by atoms with van der Waals surface area (Å²) in [6.45, 7) is 4.64. The van der Waals surface area contributed by atoms with E-state index < -0.39 is 0 Å². The van der Waals surface area contributed by atoms with Crippen LogP contribution in [0.1, 0.15) is 39.5 Å². The number of halogens is 1. The quantitative estimate of drug-likeness (QED) is 0.868. The van der Waals surface area contributed by atoms with Crippen molar-refractivity contribution in [3.05, 3.63) is 10.5 Å². The van der Waals surface area contributed by atoms with E-state index in [1.54, 1.807) is 11.3 Å². The lowest BCUT2D eigenvalue weighted by Gasteiger charge is -2.34. The van der Waals surface area contributed by atoms with Crippen LogP contribution in [0.15, 0.2) is 5.38 Å². The molecule has 1 heterocycles. The summed E-state index contributed by atoms with van der Waals surface area (Å²) in [5, 5.41) is 7.02. The number of nitrogens with zero attached hydrogens (tertiary/aromatic N) is 1. The molecule has 0 radical (unpaired) electrons. The molecule has 1 aromatic heterocycles. The van der Waals surface area contributed by atoms with Crippen LogP contribution in [-0.4, -0.2) is 11.0 Å². The van der Waals surface area contributed by atoms with Crippen molar-refractivity contribution >= 4 is 28.1 Å². The van der Waals surface area contributed by atoms with E-state index >= 15 is 0 Å². The van der Waals surface area contributed by atoms with Gasteiger partial charge in [0.1, 0.15) is 5.15 Å². The topological polar surface area (TPSA) is 24.9 Å². The van der Waals surface area contributed by atoms with Crippen molar-refractivity contribution in [2.45, 2.75) is 45.6 Å². The number of anilines is 1. The normalized spacial score (nSPS) is 26.0. The van der Waals surface area contributed by atoms with Gasteiger partial charge in [-0.3, -0.25) is 0 Å². The first kappa shape index (κ1) is 12.2. The van der Waals surface area contributed by atoms with Crippen molar-refractivity contribution < 1.29 is 0 Å². The molecule has 0 amide bonds. The number of aromatic nitrogens is 1. The number of hydrogen-bond donors (Lipinski definition) is 1. The maximum atomic E-state index is 5.84. The summed E-state index contributed by atoms with van der Waals surface area (Å²) in [6.07, 6.45) is 5.31. The summed E-state index contributed by atoms with van der Waals surface area (Å²) in [4.78, 5) is 4.27. The van der Waals surface area contributed by atoms with E-state index in [0.29, 0.717) is 11.2 Å². The number of thiazole rings is 1. The monoisotopic (exact) mass is 258 g/mol. The molecule has 0 aromatic carbocycles. The Balaban J connectivity index is 2.01. The number of hydrogen-bond acceptors (Lipinski definition) is 3. The molecule has 2 nitrogen and oxygen atoms in total. The minimum atomic E-state index is 0.580. The van der Waals surface area contributed by atoms with Gasteiger partial charge in [-0.1, -0.05) is 38.3 Å². The Morgan fingerprint density at radius 1 is 1.44 bits per heavy atom. The fourth-order valence-corrected chi connectivity index (χ4v) is 3.52. The predicted molar refractivity (Wildman–Crippen MR) is 71.3 cm³/mol. The van der Waals surface area contributed by atoms with Gasteiger partial charge in [-0.2, -0.15) is 0 Å². The van der Waals surface area contributed by atoms with E-state index in [2.05, 4.69) is 24.1 Å². The van der Waals surface area contributed by atoms with E-state index in [1.807, 2.05) is 5.38 Å². The lowest BCUT2D eigenvalue weighted by Crippen LogP contribution is -2.35. The van der Waals surface area contributed by atoms with Crippen molar-refractivity contribution in [3.8, 4) is 0 Å². The summed E-state index contributed by atoms with van der Waals surface area (Å²) in [6, 6.07) is 0.580. The van der Waals surface area contributed by atoms with Crippen molar-refractivity contribution in [1.29, 1.82) is 0 Å². The van der Waals surface area contributed by atoms with Crippen molar-refractivity contribution in [3.63, 3.8) is 0 Å². The Hall–Kier alpha value is -0.280. The predicted octanol–water partition coefficient (Wildman–Crippen LogP) is 4.42. The standard InChI is InChI=1S/C12H19ClN2S/c1-8(2)9-5-3-4-6-10(9)14-12-15-11(13)7-16-12/h7-10H,3-6H2,1-2H3,(H,14,15). The lowest BCUT2D eigenvalue weighted by molar-refractivity contribution is 0.254. The number of nitrogens with one attached hydrogen (secondary N) is 1. The van der Waals surface area contributed by atoms with Gasteiger partial charge >= 0.3 is 0 Å². The SMILES string of the molecule is CC(C)C1CCCCC1Nc1nc(Cl)cs1. The Morgan fingerprint density at radius 3 is 2.81 bits per heavy atom. The van der Waals surface area contributed by atoms with E-state index in [9.17, 15) is 0 Å². The van der Waals surface area contributed by atoms with Gasteiger partial charge in [0.25, 0.3) is 0 Å². The summed E-state index contributed by atoms with van der Waals surface area (Å²) in [5.74, 6) is 1.52. The Labute approximate surface area is 106 Å². The zero-order chi connectivity index (χ0) is 11.5. The largest absolute Gasteiger partial charge is 0.358 e. The summed E-state index contributed by atoms with van der Waals surface area (Å²) in [5.41, 5.74) is 0. The summed E-state index contributed by atoms with van der Waals surface area (Å²) < 4.78 is 0. The molecule has 1 N–H and O–H groups in total. The molecule has 1 saturated carbocycles. The Bertz CT molecular complexity index is 338. The molecule has 1 aliphatic rings. The fourth-order valence-electron chi connectivity index (χ4n) is 2.62. The van der Waals surface area contributed by atoms with Crippen LogP contribution in [0.3, 0.4) is 0 Å². The zero-order valence-corrected chi connectivity index (χ0v) is 11.4. The van der Waals surface area contributed by atoms with Crippen LogP contribution in [0.2, 0.25) is 5.15 Å². The second-order valence-electron chi connectivity index (χ2n) is 4.92. The molecule has 1 aliphatic carbocycles. The molecule has 2 rings (SSSR count). The number of rotatable bonds is 3. The molecule has 0 aliphatic heterocycles. The van der Waals surface area contributed by atoms with Gasteiger partial charge < -0.3 is 5.32 Å². The highest BCUT2D eigenvalue weighted by Crippen LogP contribution is 2.33. The highest BCUT2D eigenvalue weighted by Gasteiger charge is 2.27. The van der Waals surface area contributed by atoms with E-state index in [1.165, 1.54) is 25.7 Å². The maximum absolute atomic E-state index is 5.84. The highest BCUT2D eigenvalue weighted by molar-refractivity contribution is 7.14. The molecule has 0 bridgehead atoms. The maximum Gasteiger partial charge on any atom is 0.184 e. The van der Waals surface area contributed by atoms with Gasteiger partial charge in [-0.15, -0.1) is 11.3 Å². The molecule has 0 saturated heterocycles. The average Bonchev–Trinajstić information content (AvgIpc) is 2.64. The van der Waals surface area contributed by atoms with Gasteiger partial charge in [0.2, 0.25) is 0 Å². The highest BCUT2D eigenvalue weighted by atomic mass is 35.5. The first-order valence-electron chi connectivity index (χ1n) is 6.04. The van der Waals surface area contributed by atoms with Gasteiger partial charge in [-0.05, 0) is 24.7 Å². The third-order valence-electron chi connectivity index (χ3n) is 3.46. The van der Waals surface area contributed by atoms with Crippen LogP contribution in [0.5, 0.6) is 0 Å².